The van der Waals surface area contributed by atoms with Crippen molar-refractivity contribution in [2.45, 2.75) is 23.3 Å². The molecule has 3 aromatic rings. The molecule has 1 aliphatic heterocycles. The lowest BCUT2D eigenvalue weighted by Gasteiger charge is -2.34. The molecule has 0 radical (unpaired) electrons. The average molecular weight is 398 g/mol. The molecule has 9 heteroatoms. The lowest BCUT2D eigenvalue weighted by Crippen LogP contribution is -2.46. The highest BCUT2D eigenvalue weighted by Crippen LogP contribution is 2.36. The van der Waals surface area contributed by atoms with Crippen molar-refractivity contribution in [2.24, 2.45) is 5.73 Å². The predicted octanol–water partition coefficient (Wildman–Crippen LogP) is 1.47. The van der Waals surface area contributed by atoms with Crippen LogP contribution in [0.2, 0.25) is 0 Å². The van der Waals surface area contributed by atoms with E-state index in [1.807, 2.05) is 30.3 Å². The fourth-order valence-electron chi connectivity index (χ4n) is 3.72. The lowest BCUT2D eigenvalue weighted by molar-refractivity contribution is 0.317. The number of piperidine rings is 1. The molecule has 146 valence electrons. The second-order valence-corrected chi connectivity index (χ2v) is 9.15. The van der Waals surface area contributed by atoms with Gasteiger partial charge < -0.3 is 11.1 Å². The Morgan fingerprint density at radius 1 is 1.07 bits per heavy atom. The quantitative estimate of drug-likeness (QED) is 0.607. The van der Waals surface area contributed by atoms with Gasteiger partial charge >= 0.3 is 0 Å². The van der Waals surface area contributed by atoms with E-state index in [1.54, 1.807) is 12.1 Å². The van der Waals surface area contributed by atoms with E-state index in [4.69, 9.17) is 5.73 Å². The van der Waals surface area contributed by atoms with E-state index in [-0.39, 0.29) is 16.3 Å². The number of rotatable bonds is 4. The molecule has 0 aliphatic carbocycles. The Morgan fingerprint density at radius 2 is 1.79 bits per heavy atom. The summed E-state index contributed by atoms with van der Waals surface area (Å²) in [6, 6.07) is 13.1. The Labute approximate surface area is 163 Å². The van der Waals surface area contributed by atoms with Crippen LogP contribution in [-0.2, 0) is 15.4 Å². The number of aromatic amines is 1. The number of tetrazole rings is 1. The number of nitrogens with zero attached hydrogens (tertiary/aromatic N) is 3. The molecule has 4 rings (SSSR count). The van der Waals surface area contributed by atoms with Crippen LogP contribution >= 0.6 is 0 Å². The third-order valence-electron chi connectivity index (χ3n) is 5.26. The predicted molar refractivity (Wildman–Crippen MR) is 106 cm³/mol. The molecule has 1 fully saturated rings. The van der Waals surface area contributed by atoms with Crippen molar-refractivity contribution in [3.05, 3.63) is 48.0 Å². The minimum atomic E-state index is -3.47. The summed E-state index contributed by atoms with van der Waals surface area (Å²) in [4.78, 5) is 0.170. The van der Waals surface area contributed by atoms with Crippen LogP contribution in [0, 0.1) is 0 Å². The Kier molecular flexibility index (Phi) is 4.74. The summed E-state index contributed by atoms with van der Waals surface area (Å²) < 4.78 is 24.7. The second kappa shape index (κ2) is 7.08. The molecule has 4 N–H and O–H groups in total. The first-order valence-corrected chi connectivity index (χ1v) is 10.9. The zero-order valence-electron chi connectivity index (χ0n) is 15.5. The highest BCUT2D eigenvalue weighted by Gasteiger charge is 2.29. The number of nitrogens with one attached hydrogen (secondary N) is 2. The van der Waals surface area contributed by atoms with E-state index < -0.39 is 9.84 Å². The van der Waals surface area contributed by atoms with Gasteiger partial charge in [0.25, 0.3) is 0 Å². The summed E-state index contributed by atoms with van der Waals surface area (Å²) in [5, 5.41) is 17.3. The first kappa shape index (κ1) is 18.7. The molecule has 8 nitrogen and oxygen atoms in total. The molecule has 0 amide bonds. The lowest BCUT2D eigenvalue weighted by atomic mass is 9.82. The summed E-state index contributed by atoms with van der Waals surface area (Å²) in [6.07, 6.45) is 2.93. The maximum absolute atomic E-state index is 12.3. The number of benzene rings is 2. The minimum Gasteiger partial charge on any atom is -0.321 e. The summed E-state index contributed by atoms with van der Waals surface area (Å²) >= 11 is 0. The van der Waals surface area contributed by atoms with Crippen molar-refractivity contribution in [3.63, 3.8) is 0 Å². The number of aromatic nitrogens is 4. The standard InChI is InChI=1S/C19H22N6O2S/c1-28(26,27)16-4-2-3-15(17(16)18-22-24-25-23-18)13-5-7-14(8-6-13)19(20)9-11-21-12-10-19/h2-8,21H,9-12,20H2,1H3,(H,22,23,24,25). The van der Waals surface area contributed by atoms with Gasteiger partial charge in [0.15, 0.2) is 9.84 Å². The Hall–Kier alpha value is -2.62. The van der Waals surface area contributed by atoms with Crippen molar-refractivity contribution < 1.29 is 8.42 Å². The van der Waals surface area contributed by atoms with Gasteiger partial charge in [0, 0.05) is 17.4 Å². The van der Waals surface area contributed by atoms with Crippen LogP contribution in [-0.4, -0.2) is 48.4 Å². The smallest absolute Gasteiger partial charge is 0.206 e. The van der Waals surface area contributed by atoms with Gasteiger partial charge in [-0.25, -0.2) is 8.42 Å². The highest BCUT2D eigenvalue weighted by molar-refractivity contribution is 7.90. The third-order valence-corrected chi connectivity index (χ3v) is 6.40. The number of hydrogen-bond donors (Lipinski definition) is 3. The van der Waals surface area contributed by atoms with E-state index >= 15 is 0 Å². The van der Waals surface area contributed by atoms with Gasteiger partial charge in [0.2, 0.25) is 5.82 Å². The largest absolute Gasteiger partial charge is 0.321 e. The van der Waals surface area contributed by atoms with Crippen molar-refractivity contribution in [1.29, 1.82) is 0 Å². The van der Waals surface area contributed by atoms with Gasteiger partial charge in [-0.2, -0.15) is 5.21 Å². The maximum atomic E-state index is 12.3. The van der Waals surface area contributed by atoms with Crippen LogP contribution in [0.1, 0.15) is 18.4 Å². The summed E-state index contributed by atoms with van der Waals surface area (Å²) in [7, 11) is -3.47. The summed E-state index contributed by atoms with van der Waals surface area (Å²) in [5.41, 5.74) is 9.39. The highest BCUT2D eigenvalue weighted by atomic mass is 32.2. The molecule has 0 bridgehead atoms. The van der Waals surface area contributed by atoms with Crippen molar-refractivity contribution >= 4 is 9.84 Å². The number of nitrogens with two attached hydrogens (primary N) is 1. The number of sulfone groups is 1. The molecular weight excluding hydrogens is 376 g/mol. The zero-order chi connectivity index (χ0) is 19.8. The SMILES string of the molecule is CS(=O)(=O)c1cccc(-c2ccc(C3(N)CCNCC3)cc2)c1-c1nn[nH]n1. The maximum Gasteiger partial charge on any atom is 0.206 e. The second-order valence-electron chi connectivity index (χ2n) is 7.17. The molecule has 0 unspecified atom stereocenters. The topological polar surface area (TPSA) is 127 Å². The van der Waals surface area contributed by atoms with Gasteiger partial charge in [-0.15, -0.1) is 10.2 Å². The summed E-state index contributed by atoms with van der Waals surface area (Å²) in [6.45, 7) is 1.80. The number of H-pyrrole nitrogens is 1. The molecule has 1 saturated heterocycles. The van der Waals surface area contributed by atoms with Gasteiger partial charge in [-0.1, -0.05) is 36.4 Å². The molecule has 1 aliphatic rings. The van der Waals surface area contributed by atoms with Crippen LogP contribution in [0.5, 0.6) is 0 Å². The molecule has 2 aromatic carbocycles. The van der Waals surface area contributed by atoms with Gasteiger partial charge in [0.1, 0.15) is 0 Å². The van der Waals surface area contributed by atoms with E-state index in [2.05, 4.69) is 25.9 Å². The van der Waals surface area contributed by atoms with Crippen molar-refractivity contribution in [3.8, 4) is 22.5 Å². The van der Waals surface area contributed by atoms with Crippen LogP contribution in [0.25, 0.3) is 22.5 Å². The minimum absolute atomic E-state index is 0.170. The van der Waals surface area contributed by atoms with E-state index in [0.29, 0.717) is 5.56 Å². The molecule has 28 heavy (non-hydrogen) atoms. The van der Waals surface area contributed by atoms with E-state index in [1.165, 1.54) is 6.26 Å². The van der Waals surface area contributed by atoms with Crippen LogP contribution in [0.4, 0.5) is 0 Å². The normalized spacial score (nSPS) is 16.8. The molecular formula is C19H22N6O2S. The zero-order valence-corrected chi connectivity index (χ0v) is 16.3. The van der Waals surface area contributed by atoms with Crippen LogP contribution in [0.3, 0.4) is 0 Å². The average Bonchev–Trinajstić information content (AvgIpc) is 3.22. The van der Waals surface area contributed by atoms with Gasteiger partial charge in [0.05, 0.1) is 4.90 Å². The number of hydrogen-bond acceptors (Lipinski definition) is 7. The monoisotopic (exact) mass is 398 g/mol. The van der Waals surface area contributed by atoms with Crippen molar-refractivity contribution in [2.75, 3.05) is 19.3 Å². The Morgan fingerprint density at radius 3 is 2.39 bits per heavy atom. The van der Waals surface area contributed by atoms with Crippen LogP contribution in [0.15, 0.2) is 47.4 Å². The first-order chi connectivity index (χ1) is 13.4. The molecule has 0 saturated carbocycles. The Balaban J connectivity index is 1.82. The van der Waals surface area contributed by atoms with E-state index in [9.17, 15) is 8.42 Å². The van der Waals surface area contributed by atoms with Crippen molar-refractivity contribution in [1.82, 2.24) is 25.9 Å². The third kappa shape index (κ3) is 3.44. The summed E-state index contributed by atoms with van der Waals surface area (Å²) in [5.74, 6) is 0.244. The fourth-order valence-corrected chi connectivity index (χ4v) is 4.62. The molecule has 2 heterocycles. The Bertz CT molecular complexity index is 1070. The van der Waals surface area contributed by atoms with Crippen LogP contribution < -0.4 is 11.1 Å². The fraction of sp³-hybridized carbons (Fsp3) is 0.316. The van der Waals surface area contributed by atoms with Gasteiger partial charge in [-0.05, 0) is 53.9 Å². The van der Waals surface area contributed by atoms with Gasteiger partial charge in [-0.3, -0.25) is 0 Å². The molecule has 0 spiro atoms. The first-order valence-electron chi connectivity index (χ1n) is 9.06. The molecule has 0 atom stereocenters. The van der Waals surface area contributed by atoms with E-state index in [0.717, 1.165) is 42.6 Å². The molecule has 1 aromatic heterocycles.